The number of carbonyl (C=O) groups excluding carboxylic acids is 1. The van der Waals surface area contributed by atoms with Crippen LogP contribution in [0.15, 0.2) is 44.8 Å². The molecule has 0 amide bonds. The summed E-state index contributed by atoms with van der Waals surface area (Å²) in [4.78, 5) is 18.6. The SMILES string of the molecule is CC/C(C)=C/C(=N)c1nc(Sc2cc3c(cc2CC)CCC3=O)n(CCCC=C(C)S(=O)[O-])c1NC. The molecule has 1 atom stereocenters. The van der Waals surface area contributed by atoms with E-state index in [1.54, 1.807) is 13.0 Å². The zero-order valence-corrected chi connectivity index (χ0v) is 23.3. The Morgan fingerprint density at radius 3 is 2.69 bits per heavy atom. The van der Waals surface area contributed by atoms with Gasteiger partial charge in [0.1, 0.15) is 11.5 Å². The summed E-state index contributed by atoms with van der Waals surface area (Å²) in [5.74, 6) is 0.945. The molecule has 1 aliphatic rings. The maximum absolute atomic E-state index is 12.4. The molecule has 0 saturated heterocycles. The third-order valence-corrected chi connectivity index (χ3v) is 8.23. The van der Waals surface area contributed by atoms with Crippen molar-refractivity contribution >= 4 is 40.2 Å². The van der Waals surface area contributed by atoms with Crippen molar-refractivity contribution in [3.63, 3.8) is 0 Å². The van der Waals surface area contributed by atoms with E-state index in [1.165, 1.54) is 17.3 Å². The number of fused-ring (bicyclic) bond motifs is 1. The van der Waals surface area contributed by atoms with Gasteiger partial charge in [0, 0.05) is 30.5 Å². The Morgan fingerprint density at radius 2 is 2.06 bits per heavy atom. The molecule has 9 heteroatoms. The van der Waals surface area contributed by atoms with Crippen LogP contribution >= 0.6 is 11.8 Å². The van der Waals surface area contributed by atoms with Crippen LogP contribution in [0.1, 0.15) is 80.6 Å². The van der Waals surface area contributed by atoms with Crippen molar-refractivity contribution in [3.8, 4) is 0 Å². The molecular weight excluding hydrogens is 492 g/mol. The van der Waals surface area contributed by atoms with E-state index in [0.717, 1.165) is 51.8 Å². The number of carbonyl (C=O) groups is 1. The molecule has 7 nitrogen and oxygen atoms in total. The van der Waals surface area contributed by atoms with Crippen LogP contribution in [0.4, 0.5) is 5.82 Å². The molecule has 1 aromatic carbocycles. The lowest BCUT2D eigenvalue weighted by Crippen LogP contribution is -2.08. The number of aryl methyl sites for hydroxylation is 2. The largest absolute Gasteiger partial charge is 0.769 e. The molecule has 0 spiro atoms. The summed E-state index contributed by atoms with van der Waals surface area (Å²) in [6.07, 6.45) is 7.98. The van der Waals surface area contributed by atoms with Gasteiger partial charge in [0.15, 0.2) is 10.9 Å². The highest BCUT2D eigenvalue weighted by molar-refractivity contribution is 7.99. The van der Waals surface area contributed by atoms with Gasteiger partial charge >= 0.3 is 0 Å². The van der Waals surface area contributed by atoms with Gasteiger partial charge in [-0.05, 0) is 85.2 Å². The summed E-state index contributed by atoms with van der Waals surface area (Å²) < 4.78 is 24.3. The van der Waals surface area contributed by atoms with E-state index in [4.69, 9.17) is 10.4 Å². The van der Waals surface area contributed by atoms with Crippen LogP contribution in [0.25, 0.3) is 0 Å². The van der Waals surface area contributed by atoms with Crippen LogP contribution < -0.4 is 5.32 Å². The molecule has 1 unspecified atom stereocenters. The first-order valence-corrected chi connectivity index (χ1v) is 14.3. The standard InChI is InChI=1S/C27H36N4O3S2/c1-6-17(3)14-22(28)25-26(29-5)31(13-9-8-10-18(4)36(33)34)27(30-25)35-24-16-21-20(11-12-23(21)32)15-19(24)7-2/h10,14-16,28-29H,6-9,11-13H2,1-5H3,(H,33,34)/p-1/b17-14+,18-10?,28-22?. The van der Waals surface area contributed by atoms with E-state index in [2.05, 4.69) is 29.8 Å². The number of hydrogen-bond acceptors (Lipinski definition) is 7. The quantitative estimate of drug-likeness (QED) is 0.197. The number of ketones is 1. The normalized spacial score (nSPS) is 14.8. The predicted molar refractivity (Wildman–Crippen MR) is 147 cm³/mol. The summed E-state index contributed by atoms with van der Waals surface area (Å²) in [5, 5.41) is 12.7. The highest BCUT2D eigenvalue weighted by Gasteiger charge is 2.24. The number of nitrogens with zero attached hydrogens (tertiary/aromatic N) is 2. The molecule has 194 valence electrons. The average Bonchev–Trinajstić information content (AvgIpc) is 3.40. The van der Waals surface area contributed by atoms with Crippen LogP contribution in [0.3, 0.4) is 0 Å². The number of Topliss-reactive ketones (excluding diaryl/α,β-unsaturated/α-hetero) is 1. The van der Waals surface area contributed by atoms with Crippen LogP contribution in [0.5, 0.6) is 0 Å². The first-order chi connectivity index (χ1) is 17.2. The molecule has 36 heavy (non-hydrogen) atoms. The molecule has 0 aliphatic heterocycles. The monoisotopic (exact) mass is 527 g/mol. The van der Waals surface area contributed by atoms with E-state index >= 15 is 0 Å². The van der Waals surface area contributed by atoms with Gasteiger partial charge in [0.05, 0.1) is 5.71 Å². The Morgan fingerprint density at radius 1 is 1.31 bits per heavy atom. The number of imidazole rings is 1. The third-order valence-electron chi connectivity index (χ3n) is 6.44. The Hall–Kier alpha value is -2.49. The van der Waals surface area contributed by atoms with E-state index in [1.807, 2.05) is 26.1 Å². The molecule has 0 saturated carbocycles. The van der Waals surface area contributed by atoms with Crippen molar-refractivity contribution in [2.45, 2.75) is 82.8 Å². The van der Waals surface area contributed by atoms with E-state index in [-0.39, 0.29) is 5.78 Å². The number of anilines is 1. The fourth-order valence-electron chi connectivity index (χ4n) is 4.19. The highest BCUT2D eigenvalue weighted by atomic mass is 32.2. The zero-order chi connectivity index (χ0) is 26.4. The number of nitrogens with one attached hydrogen (secondary N) is 2. The lowest BCUT2D eigenvalue weighted by Gasteiger charge is -2.14. The van der Waals surface area contributed by atoms with E-state index in [0.29, 0.717) is 42.1 Å². The predicted octanol–water partition coefficient (Wildman–Crippen LogP) is 6.05. The molecular formula is C27H35N4O3S2-. The number of rotatable bonds is 12. The minimum absolute atomic E-state index is 0.189. The smallest absolute Gasteiger partial charge is 0.175 e. The molecule has 0 bridgehead atoms. The van der Waals surface area contributed by atoms with Crippen LogP contribution in [0.2, 0.25) is 0 Å². The summed E-state index contributed by atoms with van der Waals surface area (Å²) in [7, 11) is 1.82. The number of aromatic nitrogens is 2. The summed E-state index contributed by atoms with van der Waals surface area (Å²) in [5.41, 5.74) is 5.14. The van der Waals surface area contributed by atoms with Crippen molar-refractivity contribution in [1.82, 2.24) is 9.55 Å². The van der Waals surface area contributed by atoms with E-state index < -0.39 is 11.1 Å². The summed E-state index contributed by atoms with van der Waals surface area (Å²) in [6.45, 7) is 8.37. The van der Waals surface area contributed by atoms with Crippen molar-refractivity contribution in [2.24, 2.45) is 0 Å². The average molecular weight is 528 g/mol. The second-order valence-electron chi connectivity index (χ2n) is 8.94. The van der Waals surface area contributed by atoms with Gasteiger partial charge < -0.3 is 14.4 Å². The Kier molecular flexibility index (Phi) is 9.87. The van der Waals surface area contributed by atoms with Gasteiger partial charge in [-0.2, -0.15) is 0 Å². The van der Waals surface area contributed by atoms with Crippen LogP contribution in [-0.4, -0.2) is 36.9 Å². The Labute approximate surface area is 220 Å². The molecule has 1 aliphatic carbocycles. The van der Waals surface area contributed by atoms with Crippen molar-refractivity contribution < 1.29 is 13.6 Å². The maximum Gasteiger partial charge on any atom is 0.175 e. The van der Waals surface area contributed by atoms with E-state index in [9.17, 15) is 13.6 Å². The van der Waals surface area contributed by atoms with Gasteiger partial charge in [-0.15, -0.1) is 0 Å². The van der Waals surface area contributed by atoms with Crippen molar-refractivity contribution in [2.75, 3.05) is 12.4 Å². The topological polar surface area (TPSA) is 111 Å². The number of hydrogen-bond donors (Lipinski definition) is 2. The third kappa shape index (κ3) is 6.44. The van der Waals surface area contributed by atoms with Gasteiger partial charge in [0.25, 0.3) is 0 Å². The van der Waals surface area contributed by atoms with Gasteiger partial charge in [-0.3, -0.25) is 14.4 Å². The molecule has 0 radical (unpaired) electrons. The van der Waals surface area contributed by atoms with Gasteiger partial charge in [-0.25, -0.2) is 4.98 Å². The summed E-state index contributed by atoms with van der Waals surface area (Å²) >= 11 is -0.674. The van der Waals surface area contributed by atoms with Crippen molar-refractivity contribution in [1.29, 1.82) is 5.41 Å². The fourth-order valence-corrected chi connectivity index (χ4v) is 5.58. The number of allylic oxidation sites excluding steroid dienone is 4. The fraction of sp³-hybridized carbons (Fsp3) is 0.444. The molecule has 3 rings (SSSR count). The lowest BCUT2D eigenvalue weighted by atomic mass is 10.0. The molecule has 2 N–H and O–H groups in total. The molecule has 1 aromatic heterocycles. The number of unbranched alkanes of at least 4 members (excludes halogenated alkanes) is 1. The first kappa shape index (κ1) is 28.1. The Bertz CT molecular complexity index is 1240. The van der Waals surface area contributed by atoms with Gasteiger partial charge in [0.2, 0.25) is 0 Å². The molecule has 0 fully saturated rings. The second-order valence-corrected chi connectivity index (χ2v) is 11.1. The molecule has 1 heterocycles. The maximum atomic E-state index is 12.4. The van der Waals surface area contributed by atoms with Gasteiger partial charge in [-0.1, -0.05) is 43.3 Å². The Balaban J connectivity index is 2.02. The van der Waals surface area contributed by atoms with Crippen LogP contribution in [0, 0.1) is 5.41 Å². The lowest BCUT2D eigenvalue weighted by molar-refractivity contribution is 0.0994. The zero-order valence-electron chi connectivity index (χ0n) is 21.7. The highest BCUT2D eigenvalue weighted by Crippen LogP contribution is 2.37. The summed E-state index contributed by atoms with van der Waals surface area (Å²) in [6, 6.07) is 4.16. The number of benzene rings is 1. The first-order valence-electron chi connectivity index (χ1n) is 12.4. The minimum atomic E-state index is -2.20. The van der Waals surface area contributed by atoms with Crippen LogP contribution in [-0.2, 0) is 30.5 Å². The molecule has 2 aromatic rings. The van der Waals surface area contributed by atoms with Crippen molar-refractivity contribution in [3.05, 3.63) is 57.1 Å². The second kappa shape index (κ2) is 12.7. The minimum Gasteiger partial charge on any atom is -0.769 e.